The zero-order valence-electron chi connectivity index (χ0n) is 8.66. The van der Waals surface area contributed by atoms with E-state index < -0.39 is 4.75 Å². The second-order valence-corrected chi connectivity index (χ2v) is 5.62. The Kier molecular flexibility index (Phi) is 2.34. The number of ether oxygens (including phenoxy) is 1. The van der Waals surface area contributed by atoms with Gasteiger partial charge in [0, 0.05) is 17.0 Å². The molecule has 0 aliphatic carbocycles. The lowest BCUT2D eigenvalue weighted by Crippen LogP contribution is -2.38. The van der Waals surface area contributed by atoms with Gasteiger partial charge < -0.3 is 4.74 Å². The summed E-state index contributed by atoms with van der Waals surface area (Å²) in [6.45, 7) is 0.419. The van der Waals surface area contributed by atoms with Crippen LogP contribution < -0.4 is 10.1 Å². The standard InChI is InChI=1S/C11H8ClNO3S/c12-6-1-2-8-7(5-6)11(3-4-16-8)9(14)13-10(15)17-11/h1-2,5H,3-4H2,(H,13,14,15). The van der Waals surface area contributed by atoms with Gasteiger partial charge in [0.25, 0.3) is 5.24 Å². The fraction of sp³-hybridized carbons (Fsp3) is 0.273. The van der Waals surface area contributed by atoms with Gasteiger partial charge in [-0.05, 0) is 30.0 Å². The molecule has 4 nitrogen and oxygen atoms in total. The van der Waals surface area contributed by atoms with Crippen LogP contribution in [0.15, 0.2) is 18.2 Å². The van der Waals surface area contributed by atoms with Crippen molar-refractivity contribution in [1.82, 2.24) is 5.32 Å². The second kappa shape index (κ2) is 3.65. The lowest BCUT2D eigenvalue weighted by molar-refractivity contribution is -0.122. The Morgan fingerprint density at radius 2 is 2.24 bits per heavy atom. The smallest absolute Gasteiger partial charge is 0.287 e. The van der Waals surface area contributed by atoms with Crippen molar-refractivity contribution in [2.45, 2.75) is 11.2 Å². The summed E-state index contributed by atoms with van der Waals surface area (Å²) in [4.78, 5) is 23.4. The van der Waals surface area contributed by atoms with E-state index >= 15 is 0 Å². The highest BCUT2D eigenvalue weighted by Crippen LogP contribution is 2.50. The van der Waals surface area contributed by atoms with Gasteiger partial charge in [0.05, 0.1) is 6.61 Å². The Morgan fingerprint density at radius 3 is 2.94 bits per heavy atom. The minimum atomic E-state index is -0.866. The SMILES string of the molecule is O=C1NC(=O)C2(CCOc3ccc(Cl)cc32)S1. The van der Waals surface area contributed by atoms with E-state index in [0.29, 0.717) is 29.4 Å². The Bertz CT molecular complexity index is 533. The molecule has 17 heavy (non-hydrogen) atoms. The van der Waals surface area contributed by atoms with E-state index in [1.165, 1.54) is 0 Å². The number of carbonyl (C=O) groups is 2. The number of hydrogen-bond donors (Lipinski definition) is 1. The summed E-state index contributed by atoms with van der Waals surface area (Å²) in [7, 11) is 0. The van der Waals surface area contributed by atoms with Crippen molar-refractivity contribution in [3.63, 3.8) is 0 Å². The largest absolute Gasteiger partial charge is 0.493 e. The number of thioether (sulfide) groups is 1. The van der Waals surface area contributed by atoms with Gasteiger partial charge in [-0.1, -0.05) is 11.6 Å². The van der Waals surface area contributed by atoms with E-state index in [2.05, 4.69) is 5.32 Å². The van der Waals surface area contributed by atoms with Crippen LogP contribution in [0.25, 0.3) is 0 Å². The van der Waals surface area contributed by atoms with Crippen LogP contribution in [0.2, 0.25) is 5.02 Å². The monoisotopic (exact) mass is 269 g/mol. The minimum absolute atomic E-state index is 0.278. The number of imide groups is 1. The van der Waals surface area contributed by atoms with Gasteiger partial charge >= 0.3 is 0 Å². The molecular weight excluding hydrogens is 262 g/mol. The van der Waals surface area contributed by atoms with Gasteiger partial charge in [-0.25, -0.2) is 0 Å². The zero-order chi connectivity index (χ0) is 12.0. The number of hydrogen-bond acceptors (Lipinski definition) is 4. The molecule has 0 radical (unpaired) electrons. The van der Waals surface area contributed by atoms with Crippen LogP contribution in [0, 0.1) is 0 Å². The Balaban J connectivity index is 2.19. The summed E-state index contributed by atoms with van der Waals surface area (Å²) in [5, 5.41) is 2.54. The summed E-state index contributed by atoms with van der Waals surface area (Å²) in [6.07, 6.45) is 0.475. The third kappa shape index (κ3) is 1.53. The van der Waals surface area contributed by atoms with Crippen molar-refractivity contribution in [2.24, 2.45) is 0 Å². The van der Waals surface area contributed by atoms with Gasteiger partial charge in [-0.3, -0.25) is 14.9 Å². The van der Waals surface area contributed by atoms with Crippen LogP contribution in [0.4, 0.5) is 4.79 Å². The highest BCUT2D eigenvalue weighted by molar-refractivity contribution is 8.15. The van der Waals surface area contributed by atoms with Gasteiger partial charge in [0.2, 0.25) is 5.91 Å². The third-order valence-corrected chi connectivity index (χ3v) is 4.42. The fourth-order valence-corrected chi connectivity index (χ4v) is 3.38. The van der Waals surface area contributed by atoms with E-state index in [1.807, 2.05) is 0 Å². The van der Waals surface area contributed by atoms with Gasteiger partial charge in [0.1, 0.15) is 10.5 Å². The molecule has 1 N–H and O–H groups in total. The number of nitrogens with one attached hydrogen (secondary N) is 1. The normalized spacial score (nSPS) is 26.6. The molecule has 2 amide bonds. The topological polar surface area (TPSA) is 55.4 Å². The van der Waals surface area contributed by atoms with Gasteiger partial charge in [-0.15, -0.1) is 0 Å². The number of amides is 2. The lowest BCUT2D eigenvalue weighted by Gasteiger charge is -2.31. The summed E-state index contributed by atoms with van der Waals surface area (Å²) >= 11 is 6.95. The van der Waals surface area contributed by atoms with E-state index in [0.717, 1.165) is 11.8 Å². The second-order valence-electron chi connectivity index (χ2n) is 3.91. The Labute approximate surface area is 107 Å². The molecule has 0 bridgehead atoms. The molecule has 1 aromatic carbocycles. The summed E-state index contributed by atoms with van der Waals surface area (Å²) in [5.74, 6) is 0.345. The Morgan fingerprint density at radius 1 is 1.41 bits per heavy atom. The van der Waals surface area contributed by atoms with E-state index in [4.69, 9.17) is 16.3 Å². The van der Waals surface area contributed by atoms with Crippen molar-refractivity contribution in [1.29, 1.82) is 0 Å². The zero-order valence-corrected chi connectivity index (χ0v) is 10.2. The summed E-state index contributed by atoms with van der Waals surface area (Å²) in [5.41, 5.74) is 0.685. The molecule has 1 unspecified atom stereocenters. The van der Waals surface area contributed by atoms with Crippen LogP contribution >= 0.6 is 23.4 Å². The predicted octanol–water partition coefficient (Wildman–Crippen LogP) is 2.30. The minimum Gasteiger partial charge on any atom is -0.493 e. The number of rotatable bonds is 0. The Hall–Kier alpha value is -1.20. The van der Waals surface area contributed by atoms with Crippen LogP contribution in [0.1, 0.15) is 12.0 Å². The van der Waals surface area contributed by atoms with E-state index in [-0.39, 0.29) is 11.1 Å². The highest BCUT2D eigenvalue weighted by atomic mass is 35.5. The molecule has 2 aliphatic rings. The molecule has 2 aliphatic heterocycles. The first kappa shape index (κ1) is 10.9. The summed E-state index contributed by atoms with van der Waals surface area (Å²) in [6, 6.07) is 5.13. The maximum absolute atomic E-state index is 12.0. The van der Waals surface area contributed by atoms with Crippen molar-refractivity contribution < 1.29 is 14.3 Å². The van der Waals surface area contributed by atoms with Crippen molar-refractivity contribution in [3.8, 4) is 5.75 Å². The van der Waals surface area contributed by atoms with E-state index in [1.54, 1.807) is 18.2 Å². The highest BCUT2D eigenvalue weighted by Gasteiger charge is 2.52. The molecule has 2 heterocycles. The predicted molar refractivity (Wildman–Crippen MR) is 64.4 cm³/mol. The number of fused-ring (bicyclic) bond motifs is 2. The first-order chi connectivity index (χ1) is 8.12. The van der Waals surface area contributed by atoms with Crippen molar-refractivity contribution >= 4 is 34.5 Å². The van der Waals surface area contributed by atoms with Crippen LogP contribution in [0.3, 0.4) is 0 Å². The molecular formula is C11H8ClNO3S. The molecule has 1 fully saturated rings. The number of carbonyl (C=O) groups excluding carboxylic acids is 2. The molecule has 1 aromatic rings. The third-order valence-electron chi connectivity index (χ3n) is 2.94. The maximum atomic E-state index is 12.0. The van der Waals surface area contributed by atoms with E-state index in [9.17, 15) is 9.59 Å². The van der Waals surface area contributed by atoms with Crippen molar-refractivity contribution in [3.05, 3.63) is 28.8 Å². The molecule has 3 rings (SSSR count). The number of benzene rings is 1. The molecule has 88 valence electrons. The molecule has 1 spiro atoms. The van der Waals surface area contributed by atoms with Crippen LogP contribution in [0.5, 0.6) is 5.75 Å². The fourth-order valence-electron chi connectivity index (χ4n) is 2.15. The average Bonchev–Trinajstić information content (AvgIpc) is 2.56. The quantitative estimate of drug-likeness (QED) is 0.785. The molecule has 0 saturated carbocycles. The molecule has 0 aromatic heterocycles. The first-order valence-electron chi connectivity index (χ1n) is 5.09. The van der Waals surface area contributed by atoms with Crippen molar-refractivity contribution in [2.75, 3.05) is 6.61 Å². The molecule has 1 saturated heterocycles. The molecule has 1 atom stereocenters. The van der Waals surface area contributed by atoms with Gasteiger partial charge in [-0.2, -0.15) is 0 Å². The van der Waals surface area contributed by atoms with Gasteiger partial charge in [0.15, 0.2) is 0 Å². The van der Waals surface area contributed by atoms with Crippen LogP contribution in [-0.4, -0.2) is 17.8 Å². The van der Waals surface area contributed by atoms with Crippen LogP contribution in [-0.2, 0) is 9.54 Å². The molecule has 6 heteroatoms. The maximum Gasteiger partial charge on any atom is 0.287 e. The first-order valence-corrected chi connectivity index (χ1v) is 6.28. The summed E-state index contributed by atoms with van der Waals surface area (Å²) < 4.78 is 4.62. The number of halogens is 1. The lowest BCUT2D eigenvalue weighted by atomic mass is 9.91. The average molecular weight is 270 g/mol.